The summed E-state index contributed by atoms with van der Waals surface area (Å²) in [6.45, 7) is 0. The first kappa shape index (κ1) is 32.5. The summed E-state index contributed by atoms with van der Waals surface area (Å²) in [5.41, 5.74) is 0. The third-order valence-corrected chi connectivity index (χ3v) is 0. The predicted molar refractivity (Wildman–Crippen MR) is 27.6 cm³/mol. The maximum Gasteiger partial charge on any atom is 2.00 e. The molecule has 0 unspecified atom stereocenters. The van der Waals surface area contributed by atoms with Crippen molar-refractivity contribution in [1.29, 1.82) is 0 Å². The Morgan fingerprint density at radius 1 is 0.800 bits per heavy atom. The van der Waals surface area contributed by atoms with Crippen LogP contribution in [0.3, 0.4) is 0 Å². The van der Waals surface area contributed by atoms with Crippen LogP contribution in [0.15, 0.2) is 0 Å². The van der Waals surface area contributed by atoms with E-state index in [4.69, 9.17) is 0 Å². The van der Waals surface area contributed by atoms with Crippen molar-refractivity contribution >= 4 is 46.4 Å². The molecule has 2 nitrogen and oxygen atoms in total. The minimum Gasteiger partial charge on any atom is -0.870 e. The standard InChI is InChI=1S/Mg.2H2O.H2S2/c;;;1-2/h;2*1H2;1-2H/q+2;;;/p-2. The molecule has 0 radical (unpaired) electrons. The second-order valence-electron chi connectivity index (χ2n) is 0. The largest absolute Gasteiger partial charge is 2.00 e. The zero-order valence-electron chi connectivity index (χ0n) is 2.50. The van der Waals surface area contributed by atoms with Crippen LogP contribution in [-0.2, 0) is 0 Å². The van der Waals surface area contributed by atoms with E-state index in [0.717, 1.165) is 0 Å². The fraction of sp³-hybridized carbons (Fsp3) is 0. The van der Waals surface area contributed by atoms with Gasteiger partial charge in [0.15, 0.2) is 0 Å². The molecule has 0 aromatic carbocycles. The molecule has 0 aliphatic rings. The van der Waals surface area contributed by atoms with E-state index in [1.807, 2.05) is 0 Å². The average molecular weight is 124 g/mol. The second-order valence-corrected chi connectivity index (χ2v) is 0. The average Bonchev–Trinajstić information content (AvgIpc) is 1.00. The van der Waals surface area contributed by atoms with Crippen LogP contribution >= 0.6 is 23.3 Å². The van der Waals surface area contributed by atoms with Crippen LogP contribution in [-0.4, -0.2) is 34.0 Å². The van der Waals surface area contributed by atoms with Gasteiger partial charge in [-0.2, -0.15) is 0 Å². The minimum atomic E-state index is 0. The Labute approximate surface area is 57.3 Å². The van der Waals surface area contributed by atoms with Gasteiger partial charge in [0, 0.05) is 0 Å². The Balaban J connectivity index is -0.00000000167. The summed E-state index contributed by atoms with van der Waals surface area (Å²) in [4.78, 5) is 0. The molecular formula is H4MgO2S2. The maximum atomic E-state index is 3.22. The van der Waals surface area contributed by atoms with Crippen molar-refractivity contribution in [2.45, 2.75) is 0 Å². The molecule has 2 N–H and O–H groups in total. The molecule has 5 heavy (non-hydrogen) atoms. The summed E-state index contributed by atoms with van der Waals surface area (Å²) in [7, 11) is 0. The van der Waals surface area contributed by atoms with Crippen LogP contribution in [0.2, 0.25) is 0 Å². The molecule has 0 spiro atoms. The smallest absolute Gasteiger partial charge is 0.870 e. The fourth-order valence-electron chi connectivity index (χ4n) is 0. The third kappa shape index (κ3) is 32.1. The summed E-state index contributed by atoms with van der Waals surface area (Å²) >= 11 is 6.44. The number of rotatable bonds is 0. The van der Waals surface area contributed by atoms with Gasteiger partial charge in [-0.05, 0) is 0 Å². The SMILES string of the molecule is SS.[Mg+2].[OH-].[OH-]. The van der Waals surface area contributed by atoms with E-state index in [-0.39, 0.29) is 34.0 Å². The molecule has 0 amide bonds. The molecule has 0 saturated heterocycles. The van der Waals surface area contributed by atoms with Gasteiger partial charge >= 0.3 is 23.1 Å². The van der Waals surface area contributed by atoms with Crippen LogP contribution in [0.25, 0.3) is 0 Å². The van der Waals surface area contributed by atoms with Crippen LogP contribution in [0, 0.1) is 0 Å². The molecule has 0 saturated carbocycles. The van der Waals surface area contributed by atoms with Crippen molar-refractivity contribution in [3.8, 4) is 0 Å². The quantitative estimate of drug-likeness (QED) is 0.272. The van der Waals surface area contributed by atoms with Gasteiger partial charge in [-0.25, -0.2) is 0 Å². The van der Waals surface area contributed by atoms with Crippen LogP contribution in [0.4, 0.5) is 0 Å². The zero-order chi connectivity index (χ0) is 2.00. The van der Waals surface area contributed by atoms with E-state index in [0.29, 0.717) is 0 Å². The van der Waals surface area contributed by atoms with E-state index >= 15 is 0 Å². The molecule has 5 heteroatoms. The summed E-state index contributed by atoms with van der Waals surface area (Å²) in [5.74, 6) is 0. The fourth-order valence-corrected chi connectivity index (χ4v) is 0. The molecular weight excluding hydrogens is 120 g/mol. The topological polar surface area (TPSA) is 60.0 Å². The van der Waals surface area contributed by atoms with Crippen molar-refractivity contribution in [3.05, 3.63) is 0 Å². The van der Waals surface area contributed by atoms with Crippen molar-refractivity contribution in [2.75, 3.05) is 0 Å². The van der Waals surface area contributed by atoms with E-state index in [2.05, 4.69) is 23.3 Å². The monoisotopic (exact) mass is 124 g/mol. The zero-order valence-corrected chi connectivity index (χ0v) is 5.70. The van der Waals surface area contributed by atoms with Gasteiger partial charge in [-0.15, -0.1) is 23.3 Å². The van der Waals surface area contributed by atoms with E-state index in [1.165, 1.54) is 0 Å². The molecule has 0 aliphatic heterocycles. The Kier molecular flexibility index (Phi) is 351. The molecule has 0 bridgehead atoms. The normalized spacial score (nSPS) is 1.20. The molecule has 0 aromatic rings. The third-order valence-electron chi connectivity index (χ3n) is 0. The molecule has 0 fully saturated rings. The van der Waals surface area contributed by atoms with Crippen molar-refractivity contribution in [1.82, 2.24) is 0 Å². The van der Waals surface area contributed by atoms with Gasteiger partial charge in [0.1, 0.15) is 0 Å². The molecule has 0 heterocycles. The van der Waals surface area contributed by atoms with Gasteiger partial charge in [0.25, 0.3) is 0 Å². The Hall–Kier alpha value is 1.39. The van der Waals surface area contributed by atoms with Gasteiger partial charge in [-0.1, -0.05) is 0 Å². The summed E-state index contributed by atoms with van der Waals surface area (Å²) in [6, 6.07) is 0. The molecule has 0 aromatic heterocycles. The first-order chi connectivity index (χ1) is 1.00. The van der Waals surface area contributed by atoms with E-state index < -0.39 is 0 Å². The Morgan fingerprint density at radius 3 is 0.800 bits per heavy atom. The second kappa shape index (κ2) is 53.9. The molecule has 30 valence electrons. The van der Waals surface area contributed by atoms with Crippen LogP contribution in [0.5, 0.6) is 0 Å². The summed E-state index contributed by atoms with van der Waals surface area (Å²) < 4.78 is 0. The van der Waals surface area contributed by atoms with Crippen molar-refractivity contribution in [3.63, 3.8) is 0 Å². The molecule has 0 rings (SSSR count). The Bertz CT molecular complexity index is 7.61. The maximum absolute atomic E-state index is 3.22. The van der Waals surface area contributed by atoms with Crippen molar-refractivity contribution in [2.24, 2.45) is 0 Å². The predicted octanol–water partition coefficient (Wildman–Crippen LogP) is 0.0266. The van der Waals surface area contributed by atoms with Crippen LogP contribution in [0.1, 0.15) is 0 Å². The Morgan fingerprint density at radius 2 is 0.800 bits per heavy atom. The van der Waals surface area contributed by atoms with E-state index in [9.17, 15) is 0 Å². The number of hydrogen-bond acceptors (Lipinski definition) is 4. The van der Waals surface area contributed by atoms with Gasteiger partial charge in [0.05, 0.1) is 0 Å². The van der Waals surface area contributed by atoms with E-state index in [1.54, 1.807) is 0 Å². The van der Waals surface area contributed by atoms with Crippen molar-refractivity contribution < 1.29 is 11.0 Å². The van der Waals surface area contributed by atoms with Crippen LogP contribution < -0.4 is 0 Å². The van der Waals surface area contributed by atoms with Gasteiger partial charge in [-0.3, -0.25) is 0 Å². The summed E-state index contributed by atoms with van der Waals surface area (Å²) in [5, 5.41) is 0. The minimum absolute atomic E-state index is 0. The number of hydrogen-bond donors (Lipinski definition) is 2. The molecule has 0 atom stereocenters. The summed E-state index contributed by atoms with van der Waals surface area (Å²) in [6.07, 6.45) is 0. The number of thiol groups is 2. The molecule has 0 aliphatic carbocycles. The first-order valence-electron chi connectivity index (χ1n) is 0.200. The van der Waals surface area contributed by atoms with Gasteiger partial charge in [0.2, 0.25) is 0 Å². The van der Waals surface area contributed by atoms with Gasteiger partial charge < -0.3 is 11.0 Å². The first-order valence-corrected chi connectivity index (χ1v) is 1.80.